The molecular formula is C10H19ClN4S. The fourth-order valence-electron chi connectivity index (χ4n) is 1.80. The van der Waals surface area contributed by atoms with Crippen molar-refractivity contribution < 1.29 is 0 Å². The average Bonchev–Trinajstić information content (AvgIpc) is 2.76. The number of halogens is 1. The monoisotopic (exact) mass is 262 g/mol. The Bertz CT molecular complexity index is 328. The third-order valence-corrected chi connectivity index (χ3v) is 3.76. The van der Waals surface area contributed by atoms with Crippen molar-refractivity contribution in [2.45, 2.75) is 19.0 Å². The quantitative estimate of drug-likeness (QED) is 0.888. The van der Waals surface area contributed by atoms with Crippen LogP contribution in [0.25, 0.3) is 0 Å². The summed E-state index contributed by atoms with van der Waals surface area (Å²) in [7, 11) is 4.04. The maximum absolute atomic E-state index is 5.87. The second-order valence-corrected chi connectivity index (χ2v) is 5.38. The van der Waals surface area contributed by atoms with Gasteiger partial charge in [0, 0.05) is 50.8 Å². The number of nitrogens with two attached hydrogens (primary N) is 1. The molecule has 1 aliphatic heterocycles. The van der Waals surface area contributed by atoms with E-state index in [9.17, 15) is 0 Å². The second kappa shape index (κ2) is 5.82. The molecule has 1 aromatic heterocycles. The number of thiazole rings is 1. The molecule has 2 N–H and O–H groups in total. The van der Waals surface area contributed by atoms with Crippen LogP contribution < -0.4 is 10.6 Å². The summed E-state index contributed by atoms with van der Waals surface area (Å²) in [5, 5.41) is 1.08. The normalized spacial score (nSPS) is 20.8. The van der Waals surface area contributed by atoms with Crippen molar-refractivity contribution in [3.05, 3.63) is 11.1 Å². The zero-order valence-electron chi connectivity index (χ0n) is 9.72. The van der Waals surface area contributed by atoms with Crippen LogP contribution in [0.3, 0.4) is 0 Å². The van der Waals surface area contributed by atoms with E-state index in [1.54, 1.807) is 11.3 Å². The van der Waals surface area contributed by atoms with E-state index < -0.39 is 0 Å². The largest absolute Gasteiger partial charge is 0.354 e. The minimum atomic E-state index is 0. The molecule has 0 spiro atoms. The number of aromatic nitrogens is 1. The summed E-state index contributed by atoms with van der Waals surface area (Å²) in [6.07, 6.45) is 3.10. The molecule has 0 saturated carbocycles. The zero-order chi connectivity index (χ0) is 10.8. The predicted octanol–water partition coefficient (Wildman–Crippen LogP) is 1.16. The highest BCUT2D eigenvalue weighted by Crippen LogP contribution is 2.22. The van der Waals surface area contributed by atoms with Crippen molar-refractivity contribution in [1.29, 1.82) is 0 Å². The lowest BCUT2D eigenvalue weighted by atomic mass is 10.3. The van der Waals surface area contributed by atoms with Crippen molar-refractivity contribution in [1.82, 2.24) is 9.88 Å². The second-order valence-electron chi connectivity index (χ2n) is 4.29. The van der Waals surface area contributed by atoms with Crippen LogP contribution >= 0.6 is 23.7 Å². The van der Waals surface area contributed by atoms with Crippen LogP contribution in [0.5, 0.6) is 0 Å². The van der Waals surface area contributed by atoms with Crippen LogP contribution in [-0.4, -0.2) is 43.1 Å². The van der Waals surface area contributed by atoms with Gasteiger partial charge in [0.05, 0.1) is 0 Å². The highest BCUT2D eigenvalue weighted by molar-refractivity contribution is 7.15. The highest BCUT2D eigenvalue weighted by atomic mass is 35.5. The van der Waals surface area contributed by atoms with Gasteiger partial charge in [0.15, 0.2) is 5.13 Å². The molecule has 1 aliphatic rings. The third kappa shape index (κ3) is 3.31. The summed E-state index contributed by atoms with van der Waals surface area (Å²) in [6, 6.07) is 0.367. The minimum absolute atomic E-state index is 0. The van der Waals surface area contributed by atoms with Gasteiger partial charge in [-0.25, -0.2) is 4.98 Å². The summed E-state index contributed by atoms with van der Waals surface area (Å²) in [6.45, 7) is 3.14. The molecule has 0 aromatic carbocycles. The van der Waals surface area contributed by atoms with Gasteiger partial charge in [-0.3, -0.25) is 4.90 Å². The Morgan fingerprint density at radius 2 is 2.38 bits per heavy atom. The fraction of sp³-hybridized carbons (Fsp3) is 0.700. The number of likely N-dealkylation sites (tertiary alicyclic amines) is 1. The van der Waals surface area contributed by atoms with Gasteiger partial charge < -0.3 is 10.6 Å². The van der Waals surface area contributed by atoms with E-state index in [1.165, 1.54) is 4.88 Å². The summed E-state index contributed by atoms with van der Waals surface area (Å²) < 4.78 is 0. The first-order valence-electron chi connectivity index (χ1n) is 5.25. The molecule has 1 fully saturated rings. The molecule has 1 unspecified atom stereocenters. The maximum Gasteiger partial charge on any atom is 0.185 e. The van der Waals surface area contributed by atoms with Crippen LogP contribution in [0.1, 0.15) is 11.3 Å². The molecule has 16 heavy (non-hydrogen) atoms. The Morgan fingerprint density at radius 3 is 2.88 bits per heavy atom. The lowest BCUT2D eigenvalue weighted by Gasteiger charge is -2.13. The molecular weight excluding hydrogens is 244 g/mol. The topological polar surface area (TPSA) is 45.4 Å². The summed E-state index contributed by atoms with van der Waals surface area (Å²) >= 11 is 1.76. The molecule has 0 bridgehead atoms. The lowest BCUT2D eigenvalue weighted by Crippen LogP contribution is -2.25. The predicted molar refractivity (Wildman–Crippen MR) is 71.6 cm³/mol. The fourth-order valence-corrected chi connectivity index (χ4v) is 2.68. The van der Waals surface area contributed by atoms with Gasteiger partial charge in [-0.15, -0.1) is 23.7 Å². The Balaban J connectivity index is 0.00000128. The van der Waals surface area contributed by atoms with E-state index in [-0.39, 0.29) is 12.4 Å². The molecule has 1 saturated heterocycles. The van der Waals surface area contributed by atoms with E-state index in [0.29, 0.717) is 6.04 Å². The van der Waals surface area contributed by atoms with E-state index in [2.05, 4.69) is 9.88 Å². The molecule has 0 aliphatic carbocycles. The number of anilines is 1. The third-order valence-electron chi connectivity index (χ3n) is 2.61. The van der Waals surface area contributed by atoms with Crippen molar-refractivity contribution in [3.63, 3.8) is 0 Å². The van der Waals surface area contributed by atoms with Crippen LogP contribution in [-0.2, 0) is 6.54 Å². The zero-order valence-corrected chi connectivity index (χ0v) is 11.4. The van der Waals surface area contributed by atoms with Crippen molar-refractivity contribution in [3.8, 4) is 0 Å². The van der Waals surface area contributed by atoms with Crippen LogP contribution in [0.15, 0.2) is 6.20 Å². The van der Waals surface area contributed by atoms with Gasteiger partial charge in [-0.05, 0) is 6.42 Å². The van der Waals surface area contributed by atoms with Gasteiger partial charge in [0.1, 0.15) is 0 Å². The number of hydrogen-bond acceptors (Lipinski definition) is 5. The molecule has 6 heteroatoms. The Hall–Kier alpha value is -0.360. The van der Waals surface area contributed by atoms with Crippen LogP contribution in [0.2, 0.25) is 0 Å². The number of nitrogens with zero attached hydrogens (tertiary/aromatic N) is 3. The molecule has 1 aromatic rings. The van der Waals surface area contributed by atoms with Crippen LogP contribution in [0.4, 0.5) is 5.13 Å². The van der Waals surface area contributed by atoms with Gasteiger partial charge in [0.25, 0.3) is 0 Å². The Kier molecular flexibility index (Phi) is 4.98. The average molecular weight is 263 g/mol. The molecule has 2 rings (SSSR count). The molecule has 0 amide bonds. The first kappa shape index (κ1) is 13.7. The Morgan fingerprint density at radius 1 is 1.62 bits per heavy atom. The van der Waals surface area contributed by atoms with E-state index in [4.69, 9.17) is 5.73 Å². The van der Waals surface area contributed by atoms with E-state index in [1.807, 2.05) is 25.2 Å². The van der Waals surface area contributed by atoms with Crippen molar-refractivity contribution >= 4 is 28.9 Å². The molecule has 92 valence electrons. The maximum atomic E-state index is 5.87. The summed E-state index contributed by atoms with van der Waals surface area (Å²) in [5.74, 6) is 0. The smallest absolute Gasteiger partial charge is 0.185 e. The van der Waals surface area contributed by atoms with Gasteiger partial charge >= 0.3 is 0 Å². The number of hydrogen-bond donors (Lipinski definition) is 1. The molecule has 2 heterocycles. The van der Waals surface area contributed by atoms with Crippen molar-refractivity contribution in [2.24, 2.45) is 5.73 Å². The summed E-state index contributed by atoms with van der Waals surface area (Å²) in [5.41, 5.74) is 5.87. The molecule has 4 nitrogen and oxygen atoms in total. The Labute approximate surface area is 107 Å². The first-order valence-corrected chi connectivity index (χ1v) is 6.07. The standard InChI is InChI=1S/C10H18N4S.ClH/c1-13(2)10-12-5-9(15-10)7-14-4-3-8(11)6-14;/h5,8H,3-4,6-7,11H2,1-2H3;1H. The minimum Gasteiger partial charge on any atom is -0.354 e. The first-order chi connectivity index (χ1) is 7.15. The van der Waals surface area contributed by atoms with Gasteiger partial charge in [0.2, 0.25) is 0 Å². The lowest BCUT2D eigenvalue weighted by molar-refractivity contribution is 0.329. The van der Waals surface area contributed by atoms with E-state index in [0.717, 1.165) is 31.2 Å². The number of rotatable bonds is 3. The highest BCUT2D eigenvalue weighted by Gasteiger charge is 2.19. The van der Waals surface area contributed by atoms with Gasteiger partial charge in [-0.1, -0.05) is 0 Å². The molecule has 1 atom stereocenters. The van der Waals surface area contributed by atoms with Crippen molar-refractivity contribution in [2.75, 3.05) is 32.1 Å². The van der Waals surface area contributed by atoms with E-state index >= 15 is 0 Å². The SMILES string of the molecule is CN(C)c1ncc(CN2CCC(N)C2)s1.Cl. The van der Waals surface area contributed by atoms with Gasteiger partial charge in [-0.2, -0.15) is 0 Å². The summed E-state index contributed by atoms with van der Waals surface area (Å²) in [4.78, 5) is 10.1. The van der Waals surface area contributed by atoms with Crippen LogP contribution in [0, 0.1) is 0 Å². The molecule has 0 radical (unpaired) electrons.